The molecule has 0 saturated heterocycles. The highest BCUT2D eigenvalue weighted by atomic mass is 15.2. The van der Waals surface area contributed by atoms with E-state index in [4.69, 9.17) is 0 Å². The molecule has 0 aliphatic heterocycles. The van der Waals surface area contributed by atoms with Gasteiger partial charge in [-0.2, -0.15) is 0 Å². The van der Waals surface area contributed by atoms with E-state index in [0.29, 0.717) is 6.54 Å². The molecule has 5 nitrogen and oxygen atoms in total. The Balaban J connectivity index is 1.84. The molecule has 0 amide bonds. The number of aliphatic imine (C=N–C) groups is 1. The minimum absolute atomic E-state index is 0.687. The van der Waals surface area contributed by atoms with Crippen molar-refractivity contribution in [3.63, 3.8) is 0 Å². The van der Waals surface area contributed by atoms with Crippen LogP contribution in [0.2, 0.25) is 0 Å². The molecule has 0 fully saturated rings. The number of hydrogen-bond acceptors (Lipinski definition) is 3. The molecule has 2 aromatic rings. The number of pyridine rings is 1. The topological polar surface area (TPSA) is 52.6 Å². The molecule has 0 bridgehead atoms. The van der Waals surface area contributed by atoms with E-state index in [-0.39, 0.29) is 0 Å². The van der Waals surface area contributed by atoms with Crippen molar-refractivity contribution in [2.75, 3.05) is 32.6 Å². The van der Waals surface area contributed by atoms with Crippen molar-refractivity contribution in [1.29, 1.82) is 0 Å². The summed E-state index contributed by atoms with van der Waals surface area (Å²) in [4.78, 5) is 10.7. The molecule has 0 unspecified atom stereocenters. The maximum Gasteiger partial charge on any atom is 0.191 e. The van der Waals surface area contributed by atoms with E-state index in [9.17, 15) is 0 Å². The van der Waals surface area contributed by atoms with Gasteiger partial charge in [0.15, 0.2) is 5.96 Å². The Bertz CT molecular complexity index is 622. The largest absolute Gasteiger partial charge is 0.362 e. The predicted octanol–water partition coefficient (Wildman–Crippen LogP) is 2.06. The molecule has 23 heavy (non-hydrogen) atoms. The van der Waals surface area contributed by atoms with Crippen molar-refractivity contribution in [3.05, 3.63) is 59.8 Å². The molecule has 2 N–H and O–H groups in total. The Labute approximate surface area is 138 Å². The molecule has 0 aliphatic rings. The molecular weight excluding hydrogens is 286 g/mol. The van der Waals surface area contributed by atoms with Crippen molar-refractivity contribution in [1.82, 2.24) is 15.6 Å². The highest BCUT2D eigenvalue weighted by Gasteiger charge is 2.06. The maximum absolute atomic E-state index is 4.41. The maximum atomic E-state index is 4.41. The Kier molecular flexibility index (Phi) is 6.41. The second-order valence-corrected chi connectivity index (χ2v) is 5.47. The summed E-state index contributed by atoms with van der Waals surface area (Å²) in [5, 5.41) is 6.68. The summed E-state index contributed by atoms with van der Waals surface area (Å²) in [6.45, 7) is 1.53. The Hall–Kier alpha value is -2.56. The third-order valence-electron chi connectivity index (χ3n) is 3.51. The van der Waals surface area contributed by atoms with E-state index in [2.05, 4.69) is 50.9 Å². The Morgan fingerprint density at radius 2 is 1.87 bits per heavy atom. The van der Waals surface area contributed by atoms with Crippen LogP contribution < -0.4 is 15.5 Å². The molecule has 0 saturated carbocycles. The lowest BCUT2D eigenvalue weighted by Gasteiger charge is -2.17. The zero-order chi connectivity index (χ0) is 16.5. The first kappa shape index (κ1) is 16.8. The van der Waals surface area contributed by atoms with Crippen LogP contribution in [0.4, 0.5) is 5.82 Å². The minimum atomic E-state index is 0.687. The van der Waals surface area contributed by atoms with Crippen LogP contribution in [0.25, 0.3) is 0 Å². The van der Waals surface area contributed by atoms with Crippen LogP contribution in [0.5, 0.6) is 0 Å². The van der Waals surface area contributed by atoms with Gasteiger partial charge in [0.2, 0.25) is 0 Å². The van der Waals surface area contributed by atoms with Gasteiger partial charge in [0, 0.05) is 46.0 Å². The molecule has 0 spiro atoms. The quantitative estimate of drug-likeness (QED) is 0.633. The summed E-state index contributed by atoms with van der Waals surface area (Å²) < 4.78 is 0. The fraction of sp³-hybridized carbons (Fsp3) is 0.333. The third-order valence-corrected chi connectivity index (χ3v) is 3.51. The van der Waals surface area contributed by atoms with Crippen LogP contribution in [0.3, 0.4) is 0 Å². The predicted molar refractivity (Wildman–Crippen MR) is 96.9 cm³/mol. The van der Waals surface area contributed by atoms with Gasteiger partial charge in [-0.25, -0.2) is 4.98 Å². The number of guanidine groups is 1. The first-order valence-electron chi connectivity index (χ1n) is 7.80. The molecule has 0 aliphatic carbocycles. The number of anilines is 1. The lowest BCUT2D eigenvalue weighted by molar-refractivity contribution is 0.791. The first-order chi connectivity index (χ1) is 11.2. The summed E-state index contributed by atoms with van der Waals surface area (Å²) in [6.07, 6.45) is 2.78. The fourth-order valence-electron chi connectivity index (χ4n) is 2.34. The summed E-state index contributed by atoms with van der Waals surface area (Å²) in [5.41, 5.74) is 2.46. The zero-order valence-corrected chi connectivity index (χ0v) is 14.1. The molecule has 1 aromatic heterocycles. The van der Waals surface area contributed by atoms with E-state index < -0.39 is 0 Å². The smallest absolute Gasteiger partial charge is 0.191 e. The van der Waals surface area contributed by atoms with E-state index in [1.807, 2.05) is 37.3 Å². The summed E-state index contributed by atoms with van der Waals surface area (Å²) in [6, 6.07) is 14.5. The van der Waals surface area contributed by atoms with Gasteiger partial charge in [-0.15, -0.1) is 0 Å². The number of aromatic nitrogens is 1. The average Bonchev–Trinajstić information content (AvgIpc) is 2.59. The highest BCUT2D eigenvalue weighted by molar-refractivity contribution is 5.79. The first-order valence-corrected chi connectivity index (χ1v) is 7.80. The van der Waals surface area contributed by atoms with Gasteiger partial charge < -0.3 is 15.5 Å². The van der Waals surface area contributed by atoms with Gasteiger partial charge in [-0.05, 0) is 18.1 Å². The van der Waals surface area contributed by atoms with Gasteiger partial charge in [0.25, 0.3) is 0 Å². The summed E-state index contributed by atoms with van der Waals surface area (Å²) in [7, 11) is 5.78. The van der Waals surface area contributed by atoms with Gasteiger partial charge in [0.05, 0.1) is 0 Å². The second kappa shape index (κ2) is 8.78. The lowest BCUT2D eigenvalue weighted by atomic mass is 10.1. The van der Waals surface area contributed by atoms with Crippen LogP contribution in [0.15, 0.2) is 53.7 Å². The normalized spacial score (nSPS) is 11.2. The van der Waals surface area contributed by atoms with Crippen molar-refractivity contribution < 1.29 is 0 Å². The van der Waals surface area contributed by atoms with Gasteiger partial charge in [-0.1, -0.05) is 36.4 Å². The van der Waals surface area contributed by atoms with E-state index in [1.54, 1.807) is 7.05 Å². The lowest BCUT2D eigenvalue weighted by Crippen LogP contribution is -2.38. The SMILES string of the molecule is CN=C(NCCc1ccccc1)NCc1cccnc1N(C)C. The molecule has 1 heterocycles. The number of rotatable bonds is 6. The number of hydrogen-bond donors (Lipinski definition) is 2. The Morgan fingerprint density at radius 1 is 1.09 bits per heavy atom. The van der Waals surface area contributed by atoms with Crippen molar-refractivity contribution >= 4 is 11.8 Å². The monoisotopic (exact) mass is 311 g/mol. The molecule has 122 valence electrons. The molecule has 2 rings (SSSR count). The van der Waals surface area contributed by atoms with E-state index >= 15 is 0 Å². The summed E-state index contributed by atoms with van der Waals surface area (Å²) in [5.74, 6) is 1.77. The van der Waals surface area contributed by atoms with E-state index in [0.717, 1.165) is 30.3 Å². The van der Waals surface area contributed by atoms with Crippen molar-refractivity contribution in [3.8, 4) is 0 Å². The Morgan fingerprint density at radius 3 is 2.57 bits per heavy atom. The number of nitrogens with one attached hydrogen (secondary N) is 2. The molecule has 0 radical (unpaired) electrons. The van der Waals surface area contributed by atoms with Crippen LogP contribution in [0, 0.1) is 0 Å². The zero-order valence-electron chi connectivity index (χ0n) is 14.1. The van der Waals surface area contributed by atoms with Crippen molar-refractivity contribution in [2.24, 2.45) is 4.99 Å². The second-order valence-electron chi connectivity index (χ2n) is 5.47. The van der Waals surface area contributed by atoms with Crippen LogP contribution >= 0.6 is 0 Å². The van der Waals surface area contributed by atoms with Crippen LogP contribution in [-0.2, 0) is 13.0 Å². The number of benzene rings is 1. The summed E-state index contributed by atoms with van der Waals surface area (Å²) >= 11 is 0. The molecule has 0 atom stereocenters. The minimum Gasteiger partial charge on any atom is -0.362 e. The third kappa shape index (κ3) is 5.29. The van der Waals surface area contributed by atoms with Gasteiger partial charge in [-0.3, -0.25) is 4.99 Å². The average molecular weight is 311 g/mol. The standard InChI is InChI=1S/C18H25N5/c1-19-18(21-13-11-15-8-5-4-6-9-15)22-14-16-10-7-12-20-17(16)23(2)3/h4-10,12H,11,13-14H2,1-3H3,(H2,19,21,22). The number of nitrogens with zero attached hydrogens (tertiary/aromatic N) is 3. The molecular formula is C18H25N5. The van der Waals surface area contributed by atoms with Crippen molar-refractivity contribution in [2.45, 2.75) is 13.0 Å². The fourth-order valence-corrected chi connectivity index (χ4v) is 2.34. The van der Waals surface area contributed by atoms with Crippen LogP contribution in [-0.4, -0.2) is 38.6 Å². The van der Waals surface area contributed by atoms with Gasteiger partial charge >= 0.3 is 0 Å². The molecule has 5 heteroatoms. The highest BCUT2D eigenvalue weighted by Crippen LogP contribution is 2.13. The van der Waals surface area contributed by atoms with Crippen LogP contribution in [0.1, 0.15) is 11.1 Å². The van der Waals surface area contributed by atoms with E-state index in [1.165, 1.54) is 5.56 Å². The molecule has 1 aromatic carbocycles. The van der Waals surface area contributed by atoms with Gasteiger partial charge in [0.1, 0.15) is 5.82 Å².